The third kappa shape index (κ3) is 1.85. The first kappa shape index (κ1) is 10.8. The highest BCUT2D eigenvalue weighted by Crippen LogP contribution is 2.46. The summed E-state index contributed by atoms with van der Waals surface area (Å²) in [4.78, 5) is 10.2. The van der Waals surface area contributed by atoms with Crippen molar-refractivity contribution in [2.24, 2.45) is 0 Å². The summed E-state index contributed by atoms with van der Waals surface area (Å²) in [5, 5.41) is 9.15. The molecule has 1 aromatic rings. The summed E-state index contributed by atoms with van der Waals surface area (Å²) in [5.74, 6) is 1.45. The molecule has 2 aliphatic rings. The largest absolute Gasteiger partial charge is 0.344 e. The van der Waals surface area contributed by atoms with E-state index in [2.05, 4.69) is 28.0 Å². The van der Waals surface area contributed by atoms with Gasteiger partial charge in [0.15, 0.2) is 0 Å². The molecular formula is C13H18N4. The van der Waals surface area contributed by atoms with Gasteiger partial charge in [0, 0.05) is 24.4 Å². The van der Waals surface area contributed by atoms with Gasteiger partial charge in [0.05, 0.1) is 6.07 Å². The van der Waals surface area contributed by atoms with Crippen LogP contribution < -0.4 is 0 Å². The molecule has 2 fully saturated rings. The van der Waals surface area contributed by atoms with Crippen LogP contribution in [0.1, 0.15) is 43.1 Å². The number of likely N-dealkylation sites (N-methyl/N-ethyl adjacent to an activating group) is 1. The Kier molecular flexibility index (Phi) is 2.44. The van der Waals surface area contributed by atoms with Gasteiger partial charge < -0.3 is 9.88 Å². The first-order chi connectivity index (χ1) is 8.23. The van der Waals surface area contributed by atoms with E-state index in [1.165, 1.54) is 25.1 Å². The zero-order valence-electron chi connectivity index (χ0n) is 10.2. The van der Waals surface area contributed by atoms with E-state index in [-0.39, 0.29) is 5.41 Å². The summed E-state index contributed by atoms with van der Waals surface area (Å²) < 4.78 is 0. The molecule has 1 unspecified atom stereocenters. The van der Waals surface area contributed by atoms with Gasteiger partial charge >= 0.3 is 0 Å². The number of aromatic nitrogens is 2. The fraction of sp³-hybridized carbons (Fsp3) is 0.692. The maximum absolute atomic E-state index is 9.15. The molecule has 0 aromatic carbocycles. The standard InChI is InChI=1S/C13H18N4/c1-17-6-2-3-10(8-17)11-7-15-12(16-11)13(9-14)4-5-13/h7,10H,2-6,8H2,1H3,(H,15,16). The van der Waals surface area contributed by atoms with Crippen molar-refractivity contribution in [1.82, 2.24) is 14.9 Å². The Balaban J connectivity index is 1.79. The maximum atomic E-state index is 9.15. The Morgan fingerprint density at radius 1 is 1.59 bits per heavy atom. The van der Waals surface area contributed by atoms with Gasteiger partial charge in [0.2, 0.25) is 0 Å². The van der Waals surface area contributed by atoms with Crippen molar-refractivity contribution in [2.75, 3.05) is 20.1 Å². The zero-order chi connectivity index (χ0) is 11.9. The van der Waals surface area contributed by atoms with Gasteiger partial charge in [-0.15, -0.1) is 0 Å². The topological polar surface area (TPSA) is 55.7 Å². The molecule has 1 saturated carbocycles. The number of hydrogen-bond acceptors (Lipinski definition) is 3. The minimum atomic E-state index is -0.279. The van der Waals surface area contributed by atoms with Crippen LogP contribution >= 0.6 is 0 Å². The first-order valence-electron chi connectivity index (χ1n) is 6.39. The number of piperidine rings is 1. The second-order valence-electron chi connectivity index (χ2n) is 5.48. The van der Waals surface area contributed by atoms with Crippen LogP contribution in [-0.4, -0.2) is 35.0 Å². The van der Waals surface area contributed by atoms with Gasteiger partial charge in [0.25, 0.3) is 0 Å². The average Bonchev–Trinajstić information content (AvgIpc) is 2.99. The summed E-state index contributed by atoms with van der Waals surface area (Å²) in [6, 6.07) is 2.39. The predicted octanol–water partition coefficient (Wildman–Crippen LogP) is 1.77. The number of aromatic amines is 1. The highest BCUT2D eigenvalue weighted by atomic mass is 15.1. The Labute approximate surface area is 102 Å². The second-order valence-corrected chi connectivity index (χ2v) is 5.48. The summed E-state index contributed by atoms with van der Waals surface area (Å²) in [6.45, 7) is 2.29. The van der Waals surface area contributed by atoms with E-state index in [4.69, 9.17) is 5.26 Å². The minimum Gasteiger partial charge on any atom is -0.344 e. The van der Waals surface area contributed by atoms with E-state index in [1.54, 1.807) is 0 Å². The van der Waals surface area contributed by atoms with Crippen molar-refractivity contribution in [3.63, 3.8) is 0 Å². The van der Waals surface area contributed by atoms with Gasteiger partial charge in [-0.05, 0) is 39.3 Å². The quantitative estimate of drug-likeness (QED) is 0.842. The van der Waals surface area contributed by atoms with E-state index in [0.717, 1.165) is 25.2 Å². The third-order valence-electron chi connectivity index (χ3n) is 4.08. The molecule has 4 heteroatoms. The lowest BCUT2D eigenvalue weighted by Gasteiger charge is -2.28. The molecule has 3 rings (SSSR count). The van der Waals surface area contributed by atoms with E-state index in [0.29, 0.717) is 5.92 Å². The number of likely N-dealkylation sites (tertiary alicyclic amines) is 1. The van der Waals surface area contributed by atoms with E-state index >= 15 is 0 Å². The molecule has 1 aromatic heterocycles. The van der Waals surface area contributed by atoms with Gasteiger partial charge in [0.1, 0.15) is 11.2 Å². The van der Waals surface area contributed by atoms with E-state index in [1.807, 2.05) is 6.20 Å². The van der Waals surface area contributed by atoms with Crippen molar-refractivity contribution >= 4 is 0 Å². The van der Waals surface area contributed by atoms with Crippen LogP contribution in [0.15, 0.2) is 6.20 Å². The Morgan fingerprint density at radius 3 is 3.06 bits per heavy atom. The van der Waals surface area contributed by atoms with Crippen LogP contribution in [0.2, 0.25) is 0 Å². The molecule has 4 nitrogen and oxygen atoms in total. The van der Waals surface area contributed by atoms with Crippen LogP contribution in [0.4, 0.5) is 0 Å². The molecular weight excluding hydrogens is 212 g/mol. The van der Waals surface area contributed by atoms with Crippen LogP contribution in [-0.2, 0) is 5.41 Å². The van der Waals surface area contributed by atoms with Crippen LogP contribution in [0, 0.1) is 11.3 Å². The van der Waals surface area contributed by atoms with Crippen molar-refractivity contribution in [3.05, 3.63) is 17.7 Å². The lowest BCUT2D eigenvalue weighted by Crippen LogP contribution is -2.31. The first-order valence-corrected chi connectivity index (χ1v) is 6.39. The smallest absolute Gasteiger partial charge is 0.126 e. The molecule has 1 N–H and O–H groups in total. The maximum Gasteiger partial charge on any atom is 0.126 e. The van der Waals surface area contributed by atoms with Crippen molar-refractivity contribution in [3.8, 4) is 6.07 Å². The molecule has 1 aliphatic carbocycles. The average molecular weight is 230 g/mol. The lowest BCUT2D eigenvalue weighted by molar-refractivity contribution is 0.248. The van der Waals surface area contributed by atoms with Gasteiger partial charge in [-0.25, -0.2) is 4.98 Å². The highest BCUT2D eigenvalue weighted by Gasteiger charge is 2.47. The highest BCUT2D eigenvalue weighted by molar-refractivity contribution is 5.31. The number of imidazole rings is 1. The molecule has 2 heterocycles. The van der Waals surface area contributed by atoms with Crippen LogP contribution in [0.3, 0.4) is 0 Å². The normalized spacial score (nSPS) is 27.6. The number of nitrogens with zero attached hydrogens (tertiary/aromatic N) is 3. The molecule has 1 atom stereocenters. The molecule has 17 heavy (non-hydrogen) atoms. The molecule has 90 valence electrons. The Bertz CT molecular complexity index is 452. The second kappa shape index (κ2) is 3.85. The summed E-state index contributed by atoms with van der Waals surface area (Å²) >= 11 is 0. The van der Waals surface area contributed by atoms with Crippen LogP contribution in [0.5, 0.6) is 0 Å². The van der Waals surface area contributed by atoms with Gasteiger partial charge in [-0.3, -0.25) is 0 Å². The molecule has 0 radical (unpaired) electrons. The molecule has 1 saturated heterocycles. The molecule has 1 aliphatic heterocycles. The monoisotopic (exact) mass is 230 g/mol. The van der Waals surface area contributed by atoms with E-state index in [9.17, 15) is 0 Å². The van der Waals surface area contributed by atoms with Crippen LogP contribution in [0.25, 0.3) is 0 Å². The van der Waals surface area contributed by atoms with Crippen molar-refractivity contribution in [2.45, 2.75) is 37.0 Å². The van der Waals surface area contributed by atoms with E-state index < -0.39 is 0 Å². The minimum absolute atomic E-state index is 0.279. The number of nitriles is 1. The summed E-state index contributed by atoms with van der Waals surface area (Å²) in [7, 11) is 2.17. The number of hydrogen-bond donors (Lipinski definition) is 1. The third-order valence-corrected chi connectivity index (χ3v) is 4.08. The fourth-order valence-electron chi connectivity index (χ4n) is 2.73. The summed E-state index contributed by atoms with van der Waals surface area (Å²) in [6.07, 6.45) is 6.34. The molecule has 0 spiro atoms. The fourth-order valence-corrected chi connectivity index (χ4v) is 2.73. The molecule has 0 bridgehead atoms. The zero-order valence-corrected chi connectivity index (χ0v) is 10.2. The van der Waals surface area contributed by atoms with Crippen molar-refractivity contribution in [1.29, 1.82) is 5.26 Å². The molecule has 0 amide bonds. The number of rotatable bonds is 2. The lowest BCUT2D eigenvalue weighted by atomic mass is 9.96. The van der Waals surface area contributed by atoms with Gasteiger partial charge in [-0.1, -0.05) is 0 Å². The van der Waals surface area contributed by atoms with Gasteiger partial charge in [-0.2, -0.15) is 5.26 Å². The number of nitrogens with one attached hydrogen (secondary N) is 1. The Morgan fingerprint density at radius 2 is 2.41 bits per heavy atom. The Hall–Kier alpha value is -1.34. The number of H-pyrrole nitrogens is 1. The SMILES string of the molecule is CN1CCCC(c2cnc(C3(C#N)CC3)[nH]2)C1. The predicted molar refractivity (Wildman–Crippen MR) is 64.6 cm³/mol. The summed E-state index contributed by atoms with van der Waals surface area (Å²) in [5.41, 5.74) is 0.937. The van der Waals surface area contributed by atoms with Crippen molar-refractivity contribution < 1.29 is 0 Å².